The molecule has 0 spiro atoms. The summed E-state index contributed by atoms with van der Waals surface area (Å²) >= 11 is 0. The standard InChI is InChI=1S/C14H19N/c1-4-5-10-15-12(3)11(2)13-8-6-7-9-14(13)15/h4,6-9,11-12H,1,5,10H2,2-3H3. The molecule has 0 fully saturated rings. The zero-order valence-corrected chi connectivity index (χ0v) is 9.61. The van der Waals surface area contributed by atoms with Gasteiger partial charge in [-0.25, -0.2) is 0 Å². The van der Waals surface area contributed by atoms with E-state index in [-0.39, 0.29) is 0 Å². The van der Waals surface area contributed by atoms with Crippen molar-refractivity contribution >= 4 is 5.69 Å². The Balaban J connectivity index is 2.29. The minimum absolute atomic E-state index is 0.613. The number of rotatable bonds is 3. The lowest BCUT2D eigenvalue weighted by atomic mass is 9.98. The third kappa shape index (κ3) is 1.67. The minimum Gasteiger partial charge on any atom is -0.368 e. The summed E-state index contributed by atoms with van der Waals surface area (Å²) in [6.07, 6.45) is 3.06. The van der Waals surface area contributed by atoms with Gasteiger partial charge < -0.3 is 4.90 Å². The Kier molecular flexibility index (Phi) is 2.81. The number of benzene rings is 1. The minimum atomic E-state index is 0.613. The average molecular weight is 201 g/mol. The maximum Gasteiger partial charge on any atom is 0.0405 e. The van der Waals surface area contributed by atoms with Crippen LogP contribution in [-0.2, 0) is 0 Å². The van der Waals surface area contributed by atoms with Crippen molar-refractivity contribution in [3.63, 3.8) is 0 Å². The van der Waals surface area contributed by atoms with E-state index < -0.39 is 0 Å². The average Bonchev–Trinajstić information content (AvgIpc) is 2.51. The van der Waals surface area contributed by atoms with Gasteiger partial charge in [0.05, 0.1) is 0 Å². The fourth-order valence-corrected chi connectivity index (χ4v) is 2.44. The molecule has 0 amide bonds. The van der Waals surface area contributed by atoms with E-state index >= 15 is 0 Å². The highest BCUT2D eigenvalue weighted by atomic mass is 15.2. The van der Waals surface area contributed by atoms with Gasteiger partial charge in [-0.1, -0.05) is 31.2 Å². The lowest BCUT2D eigenvalue weighted by molar-refractivity contribution is 0.594. The summed E-state index contributed by atoms with van der Waals surface area (Å²) in [5.74, 6) is 0.644. The van der Waals surface area contributed by atoms with Crippen LogP contribution in [0.2, 0.25) is 0 Å². The molecule has 1 nitrogen and oxygen atoms in total. The zero-order valence-electron chi connectivity index (χ0n) is 9.61. The van der Waals surface area contributed by atoms with Crippen molar-refractivity contribution in [2.45, 2.75) is 32.2 Å². The first-order valence-corrected chi connectivity index (χ1v) is 5.72. The first-order chi connectivity index (χ1) is 7.25. The van der Waals surface area contributed by atoms with Crippen LogP contribution in [0.1, 0.15) is 31.7 Å². The Hall–Kier alpha value is -1.24. The van der Waals surface area contributed by atoms with Crippen LogP contribution in [0.3, 0.4) is 0 Å². The normalized spacial score (nSPS) is 24.0. The summed E-state index contributed by atoms with van der Waals surface area (Å²) in [6, 6.07) is 9.37. The molecule has 15 heavy (non-hydrogen) atoms. The number of fused-ring (bicyclic) bond motifs is 1. The van der Waals surface area contributed by atoms with Gasteiger partial charge in [0.25, 0.3) is 0 Å². The van der Waals surface area contributed by atoms with Gasteiger partial charge in [0.1, 0.15) is 0 Å². The molecule has 2 rings (SSSR count). The number of nitrogens with zero attached hydrogens (tertiary/aromatic N) is 1. The van der Waals surface area contributed by atoms with Gasteiger partial charge in [-0.2, -0.15) is 0 Å². The van der Waals surface area contributed by atoms with Crippen molar-refractivity contribution < 1.29 is 0 Å². The van der Waals surface area contributed by atoms with Gasteiger partial charge in [0.15, 0.2) is 0 Å². The largest absolute Gasteiger partial charge is 0.368 e. The van der Waals surface area contributed by atoms with E-state index in [1.165, 1.54) is 11.3 Å². The highest BCUT2D eigenvalue weighted by Gasteiger charge is 2.31. The molecular weight excluding hydrogens is 182 g/mol. The third-order valence-electron chi connectivity index (χ3n) is 3.53. The molecule has 1 aromatic carbocycles. The summed E-state index contributed by atoms with van der Waals surface area (Å²) in [5, 5.41) is 0. The van der Waals surface area contributed by atoms with E-state index in [4.69, 9.17) is 0 Å². The highest BCUT2D eigenvalue weighted by molar-refractivity contribution is 5.61. The van der Waals surface area contributed by atoms with Crippen LogP contribution in [0.4, 0.5) is 5.69 Å². The lowest BCUT2D eigenvalue weighted by Gasteiger charge is -2.25. The monoisotopic (exact) mass is 201 g/mol. The van der Waals surface area contributed by atoms with E-state index in [9.17, 15) is 0 Å². The predicted molar refractivity (Wildman–Crippen MR) is 66.5 cm³/mol. The molecule has 80 valence electrons. The maximum atomic E-state index is 3.80. The van der Waals surface area contributed by atoms with E-state index in [2.05, 4.69) is 49.6 Å². The van der Waals surface area contributed by atoms with Crippen molar-refractivity contribution in [2.75, 3.05) is 11.4 Å². The van der Waals surface area contributed by atoms with E-state index in [0.717, 1.165) is 13.0 Å². The molecule has 1 aromatic rings. The Labute approximate surface area is 92.4 Å². The summed E-state index contributed by atoms with van der Waals surface area (Å²) < 4.78 is 0. The fraction of sp³-hybridized carbons (Fsp3) is 0.429. The Bertz CT molecular complexity index is 356. The smallest absolute Gasteiger partial charge is 0.0405 e. The van der Waals surface area contributed by atoms with Crippen molar-refractivity contribution in [3.05, 3.63) is 42.5 Å². The zero-order chi connectivity index (χ0) is 10.8. The number of para-hydroxylation sites is 1. The SMILES string of the molecule is C=CCCN1c2ccccc2C(C)C1C. The van der Waals surface area contributed by atoms with E-state index in [1.54, 1.807) is 0 Å². The van der Waals surface area contributed by atoms with Crippen LogP contribution in [0.25, 0.3) is 0 Å². The van der Waals surface area contributed by atoms with Crippen LogP contribution < -0.4 is 4.90 Å². The fourth-order valence-electron chi connectivity index (χ4n) is 2.44. The summed E-state index contributed by atoms with van der Waals surface area (Å²) in [7, 11) is 0. The molecule has 2 unspecified atom stereocenters. The van der Waals surface area contributed by atoms with Gasteiger partial charge >= 0.3 is 0 Å². The molecule has 0 saturated carbocycles. The van der Waals surface area contributed by atoms with E-state index in [1.807, 2.05) is 6.08 Å². The maximum absolute atomic E-state index is 3.80. The van der Waals surface area contributed by atoms with Crippen molar-refractivity contribution in [1.29, 1.82) is 0 Å². The van der Waals surface area contributed by atoms with Crippen molar-refractivity contribution in [3.8, 4) is 0 Å². The number of anilines is 1. The number of hydrogen-bond acceptors (Lipinski definition) is 1. The first kappa shape index (κ1) is 10.3. The topological polar surface area (TPSA) is 3.24 Å². The molecule has 0 radical (unpaired) electrons. The Morgan fingerprint density at radius 1 is 1.33 bits per heavy atom. The lowest BCUT2D eigenvalue weighted by Crippen LogP contribution is -2.31. The van der Waals surface area contributed by atoms with Gasteiger partial charge in [0, 0.05) is 24.2 Å². The van der Waals surface area contributed by atoms with Crippen molar-refractivity contribution in [1.82, 2.24) is 0 Å². The predicted octanol–water partition coefficient (Wildman–Crippen LogP) is 3.57. The molecule has 1 aliphatic rings. The molecular formula is C14H19N. The van der Waals surface area contributed by atoms with Crippen LogP contribution in [-0.4, -0.2) is 12.6 Å². The Morgan fingerprint density at radius 2 is 2.07 bits per heavy atom. The molecule has 0 saturated heterocycles. The molecule has 2 atom stereocenters. The van der Waals surface area contributed by atoms with Crippen LogP contribution in [0.5, 0.6) is 0 Å². The third-order valence-corrected chi connectivity index (χ3v) is 3.53. The van der Waals surface area contributed by atoms with Crippen LogP contribution in [0.15, 0.2) is 36.9 Å². The van der Waals surface area contributed by atoms with Gasteiger partial charge in [0.2, 0.25) is 0 Å². The van der Waals surface area contributed by atoms with Gasteiger partial charge in [-0.05, 0) is 25.0 Å². The van der Waals surface area contributed by atoms with Crippen LogP contribution in [0, 0.1) is 0 Å². The van der Waals surface area contributed by atoms with Gasteiger partial charge in [-0.3, -0.25) is 0 Å². The van der Waals surface area contributed by atoms with Crippen LogP contribution >= 0.6 is 0 Å². The molecule has 1 heterocycles. The molecule has 1 heteroatoms. The highest BCUT2D eigenvalue weighted by Crippen LogP contribution is 2.40. The molecule has 0 aromatic heterocycles. The summed E-state index contributed by atoms with van der Waals surface area (Å²) in [5.41, 5.74) is 2.91. The summed E-state index contributed by atoms with van der Waals surface area (Å²) in [4.78, 5) is 2.50. The molecule has 0 aliphatic carbocycles. The number of hydrogen-bond donors (Lipinski definition) is 0. The first-order valence-electron chi connectivity index (χ1n) is 5.72. The molecule has 0 bridgehead atoms. The second kappa shape index (κ2) is 4.09. The quantitative estimate of drug-likeness (QED) is 0.676. The van der Waals surface area contributed by atoms with Crippen molar-refractivity contribution in [2.24, 2.45) is 0 Å². The Morgan fingerprint density at radius 3 is 2.80 bits per heavy atom. The second-order valence-electron chi connectivity index (χ2n) is 4.36. The molecule has 0 N–H and O–H groups in total. The van der Waals surface area contributed by atoms with E-state index in [0.29, 0.717) is 12.0 Å². The summed E-state index contributed by atoms with van der Waals surface area (Å²) in [6.45, 7) is 9.51. The molecule has 1 aliphatic heterocycles. The second-order valence-corrected chi connectivity index (χ2v) is 4.36. The van der Waals surface area contributed by atoms with Gasteiger partial charge in [-0.15, -0.1) is 6.58 Å².